The molecular weight excluding hydrogens is 358 g/mol. The molecule has 2 amide bonds. The fourth-order valence-corrected chi connectivity index (χ4v) is 3.47. The van der Waals surface area contributed by atoms with E-state index in [2.05, 4.69) is 26.1 Å². The topological polar surface area (TPSA) is 44.8 Å². The minimum absolute atomic E-state index is 0.0112. The molecule has 126 valence electrons. The van der Waals surface area contributed by atoms with Crippen molar-refractivity contribution in [2.45, 2.75) is 12.8 Å². The number of hydrogen-bond donors (Lipinski definition) is 1. The molecule has 23 heavy (non-hydrogen) atoms. The average molecular weight is 382 g/mol. The standard InChI is InChI=1S/C17H24BrN3O2/c18-15-1-3-16(4-2-15)19-17(22)21-7-5-14(6-8-21)13-20-9-11-23-12-10-20/h1-4,14H,5-13H2,(H,19,22). The van der Waals surface area contributed by atoms with Crippen LogP contribution in [0.15, 0.2) is 28.7 Å². The molecule has 2 fully saturated rings. The lowest BCUT2D eigenvalue weighted by molar-refractivity contribution is 0.0260. The third kappa shape index (κ3) is 4.93. The van der Waals surface area contributed by atoms with Crippen molar-refractivity contribution in [3.63, 3.8) is 0 Å². The number of ether oxygens (including phenoxy) is 1. The van der Waals surface area contributed by atoms with Crippen LogP contribution in [0.4, 0.5) is 10.5 Å². The zero-order chi connectivity index (χ0) is 16.1. The monoisotopic (exact) mass is 381 g/mol. The number of carbonyl (C=O) groups is 1. The van der Waals surface area contributed by atoms with Crippen LogP contribution in [-0.2, 0) is 4.74 Å². The first-order chi connectivity index (χ1) is 11.2. The summed E-state index contributed by atoms with van der Waals surface area (Å²) < 4.78 is 6.41. The quantitative estimate of drug-likeness (QED) is 0.874. The molecule has 1 aromatic carbocycles. The third-order valence-electron chi connectivity index (χ3n) is 4.62. The molecule has 0 radical (unpaired) electrons. The van der Waals surface area contributed by atoms with Gasteiger partial charge in [-0.15, -0.1) is 0 Å². The van der Waals surface area contributed by atoms with E-state index < -0.39 is 0 Å². The van der Waals surface area contributed by atoms with Gasteiger partial charge in [-0.05, 0) is 43.0 Å². The van der Waals surface area contributed by atoms with E-state index in [1.165, 1.54) is 0 Å². The van der Waals surface area contributed by atoms with Gasteiger partial charge in [-0.1, -0.05) is 15.9 Å². The van der Waals surface area contributed by atoms with Crippen molar-refractivity contribution in [1.82, 2.24) is 9.80 Å². The van der Waals surface area contributed by atoms with Crippen molar-refractivity contribution in [2.24, 2.45) is 5.92 Å². The lowest BCUT2D eigenvalue weighted by atomic mass is 9.96. The Kier molecular flexibility index (Phi) is 5.91. The number of carbonyl (C=O) groups excluding carboxylic acids is 1. The molecule has 0 spiro atoms. The van der Waals surface area contributed by atoms with Crippen molar-refractivity contribution in [2.75, 3.05) is 51.3 Å². The number of nitrogens with one attached hydrogen (secondary N) is 1. The van der Waals surface area contributed by atoms with Crippen LogP contribution in [0.1, 0.15) is 12.8 Å². The lowest BCUT2D eigenvalue weighted by Gasteiger charge is -2.36. The molecule has 6 heteroatoms. The number of amides is 2. The Balaban J connectivity index is 1.42. The number of rotatable bonds is 3. The first kappa shape index (κ1) is 16.7. The number of piperidine rings is 1. The molecule has 0 atom stereocenters. The first-order valence-corrected chi connectivity index (χ1v) is 9.11. The lowest BCUT2D eigenvalue weighted by Crippen LogP contribution is -2.45. The predicted molar refractivity (Wildman–Crippen MR) is 94.7 cm³/mol. The molecule has 2 aliphatic heterocycles. The second kappa shape index (κ2) is 8.13. The van der Waals surface area contributed by atoms with E-state index in [9.17, 15) is 4.79 Å². The maximum Gasteiger partial charge on any atom is 0.321 e. The van der Waals surface area contributed by atoms with Gasteiger partial charge in [0.05, 0.1) is 13.2 Å². The largest absolute Gasteiger partial charge is 0.379 e. The van der Waals surface area contributed by atoms with E-state index in [4.69, 9.17) is 4.74 Å². The molecule has 2 saturated heterocycles. The van der Waals surface area contributed by atoms with Gasteiger partial charge in [-0.25, -0.2) is 4.79 Å². The van der Waals surface area contributed by atoms with E-state index in [0.29, 0.717) is 5.92 Å². The highest BCUT2D eigenvalue weighted by Crippen LogP contribution is 2.20. The fraction of sp³-hybridized carbons (Fsp3) is 0.588. The summed E-state index contributed by atoms with van der Waals surface area (Å²) in [7, 11) is 0. The smallest absolute Gasteiger partial charge is 0.321 e. The number of nitrogens with zero attached hydrogens (tertiary/aromatic N) is 2. The van der Waals surface area contributed by atoms with Gasteiger partial charge in [0.25, 0.3) is 0 Å². The highest BCUT2D eigenvalue weighted by molar-refractivity contribution is 9.10. The van der Waals surface area contributed by atoms with E-state index in [1.54, 1.807) is 0 Å². The number of morpholine rings is 1. The molecule has 1 N–H and O–H groups in total. The van der Waals surface area contributed by atoms with E-state index >= 15 is 0 Å². The molecule has 0 saturated carbocycles. The second-order valence-corrected chi connectivity index (χ2v) is 7.20. The van der Waals surface area contributed by atoms with Crippen molar-refractivity contribution in [3.8, 4) is 0 Å². The van der Waals surface area contributed by atoms with Crippen LogP contribution in [0.25, 0.3) is 0 Å². The van der Waals surface area contributed by atoms with Crippen molar-refractivity contribution in [1.29, 1.82) is 0 Å². The minimum atomic E-state index is 0.0112. The molecule has 2 heterocycles. The van der Waals surface area contributed by atoms with E-state index in [-0.39, 0.29) is 6.03 Å². The minimum Gasteiger partial charge on any atom is -0.379 e. The Morgan fingerprint density at radius 3 is 2.43 bits per heavy atom. The van der Waals surface area contributed by atoms with Gasteiger partial charge in [0, 0.05) is 42.9 Å². The average Bonchev–Trinajstić information content (AvgIpc) is 2.58. The second-order valence-electron chi connectivity index (χ2n) is 6.28. The van der Waals surface area contributed by atoms with Crippen LogP contribution in [0.2, 0.25) is 0 Å². The third-order valence-corrected chi connectivity index (χ3v) is 5.15. The van der Waals surface area contributed by atoms with Gasteiger partial charge in [-0.3, -0.25) is 4.90 Å². The Morgan fingerprint density at radius 2 is 1.78 bits per heavy atom. The number of halogens is 1. The Bertz CT molecular complexity index is 509. The van der Waals surface area contributed by atoms with Crippen LogP contribution in [0.3, 0.4) is 0 Å². The first-order valence-electron chi connectivity index (χ1n) is 8.32. The maximum atomic E-state index is 12.3. The van der Waals surface area contributed by atoms with Gasteiger partial charge in [0.2, 0.25) is 0 Å². The maximum absolute atomic E-state index is 12.3. The Morgan fingerprint density at radius 1 is 1.13 bits per heavy atom. The summed E-state index contributed by atoms with van der Waals surface area (Å²) in [5.41, 5.74) is 0.841. The zero-order valence-electron chi connectivity index (χ0n) is 13.3. The summed E-state index contributed by atoms with van der Waals surface area (Å²) in [6.07, 6.45) is 2.18. The number of anilines is 1. The van der Waals surface area contributed by atoms with Crippen LogP contribution in [0.5, 0.6) is 0 Å². The summed E-state index contributed by atoms with van der Waals surface area (Å²) in [6.45, 7) is 6.64. The van der Waals surface area contributed by atoms with Gasteiger partial charge in [0.1, 0.15) is 0 Å². The van der Waals surface area contributed by atoms with E-state index in [1.807, 2.05) is 29.2 Å². The van der Waals surface area contributed by atoms with Crippen LogP contribution >= 0.6 is 15.9 Å². The van der Waals surface area contributed by atoms with Crippen LogP contribution in [-0.4, -0.2) is 61.8 Å². The molecule has 0 aliphatic carbocycles. The molecular formula is C17H24BrN3O2. The number of likely N-dealkylation sites (tertiary alicyclic amines) is 1. The summed E-state index contributed by atoms with van der Waals surface area (Å²) in [4.78, 5) is 16.7. The predicted octanol–water partition coefficient (Wildman–Crippen LogP) is 3.03. The summed E-state index contributed by atoms with van der Waals surface area (Å²) >= 11 is 3.40. The number of hydrogen-bond acceptors (Lipinski definition) is 3. The number of urea groups is 1. The highest BCUT2D eigenvalue weighted by Gasteiger charge is 2.24. The summed E-state index contributed by atoms with van der Waals surface area (Å²) in [5.74, 6) is 0.699. The van der Waals surface area contributed by atoms with Crippen molar-refractivity contribution >= 4 is 27.6 Å². The van der Waals surface area contributed by atoms with Crippen molar-refractivity contribution in [3.05, 3.63) is 28.7 Å². The highest BCUT2D eigenvalue weighted by atomic mass is 79.9. The molecule has 0 aromatic heterocycles. The molecule has 2 aliphatic rings. The molecule has 3 rings (SSSR count). The van der Waals surface area contributed by atoms with Gasteiger partial charge >= 0.3 is 6.03 Å². The molecule has 5 nitrogen and oxygen atoms in total. The zero-order valence-corrected chi connectivity index (χ0v) is 14.9. The van der Waals surface area contributed by atoms with Crippen LogP contribution in [0, 0.1) is 5.92 Å². The van der Waals surface area contributed by atoms with Crippen molar-refractivity contribution < 1.29 is 9.53 Å². The van der Waals surface area contributed by atoms with Crippen LogP contribution < -0.4 is 5.32 Å². The van der Waals surface area contributed by atoms with Gasteiger partial charge in [0.15, 0.2) is 0 Å². The van der Waals surface area contributed by atoms with Gasteiger partial charge in [-0.2, -0.15) is 0 Å². The number of benzene rings is 1. The van der Waals surface area contributed by atoms with E-state index in [0.717, 1.165) is 68.9 Å². The summed E-state index contributed by atoms with van der Waals surface area (Å²) in [5, 5.41) is 2.97. The summed E-state index contributed by atoms with van der Waals surface area (Å²) in [6, 6.07) is 7.70. The van der Waals surface area contributed by atoms with Gasteiger partial charge < -0.3 is 15.0 Å². The molecule has 0 bridgehead atoms. The molecule has 1 aromatic rings. The Labute approximate surface area is 146 Å². The SMILES string of the molecule is O=C(Nc1ccc(Br)cc1)N1CCC(CN2CCOCC2)CC1. The fourth-order valence-electron chi connectivity index (χ4n) is 3.20. The molecule has 0 unspecified atom stereocenters. The normalized spacial score (nSPS) is 20.5. The Hall–Kier alpha value is -1.11.